The highest BCUT2D eigenvalue weighted by atomic mass is 16.5. The summed E-state index contributed by atoms with van der Waals surface area (Å²) in [5, 5.41) is 2.82. The Morgan fingerprint density at radius 2 is 1.77 bits per heavy atom. The SMILES string of the molecule is Cc1oc(-c2ccccc2)nc1CC(=O)Oc1ccc(N(C)C(=O)NC(C)C)cc1. The molecule has 7 nitrogen and oxygen atoms in total. The van der Waals surface area contributed by atoms with Crippen LogP contribution in [0.15, 0.2) is 59.0 Å². The number of benzene rings is 2. The second kappa shape index (κ2) is 9.26. The van der Waals surface area contributed by atoms with Crippen LogP contribution in [0.3, 0.4) is 0 Å². The molecule has 0 aliphatic rings. The molecule has 7 heteroatoms. The number of aromatic nitrogens is 1. The van der Waals surface area contributed by atoms with E-state index in [-0.39, 0.29) is 18.5 Å². The number of ether oxygens (including phenoxy) is 1. The Morgan fingerprint density at radius 1 is 1.10 bits per heavy atom. The number of urea groups is 1. The minimum Gasteiger partial charge on any atom is -0.441 e. The van der Waals surface area contributed by atoms with E-state index in [1.807, 2.05) is 44.2 Å². The molecule has 0 saturated heterocycles. The maximum Gasteiger partial charge on any atom is 0.321 e. The zero-order chi connectivity index (χ0) is 21.7. The van der Waals surface area contributed by atoms with Crippen LogP contribution in [-0.2, 0) is 11.2 Å². The number of carbonyl (C=O) groups is 2. The molecule has 1 N–H and O–H groups in total. The van der Waals surface area contributed by atoms with Crippen LogP contribution in [0.5, 0.6) is 5.75 Å². The summed E-state index contributed by atoms with van der Waals surface area (Å²) < 4.78 is 11.1. The minimum absolute atomic E-state index is 0.000611. The molecule has 1 heterocycles. The van der Waals surface area contributed by atoms with Crippen molar-refractivity contribution >= 4 is 17.7 Å². The fourth-order valence-electron chi connectivity index (χ4n) is 2.80. The van der Waals surface area contributed by atoms with Crippen molar-refractivity contribution in [1.29, 1.82) is 0 Å². The van der Waals surface area contributed by atoms with E-state index in [4.69, 9.17) is 9.15 Å². The molecule has 0 saturated carbocycles. The zero-order valence-corrected chi connectivity index (χ0v) is 17.5. The Hall–Kier alpha value is -3.61. The van der Waals surface area contributed by atoms with Gasteiger partial charge in [0.25, 0.3) is 0 Å². The average Bonchev–Trinajstić information content (AvgIpc) is 3.08. The van der Waals surface area contributed by atoms with Crippen LogP contribution in [0.1, 0.15) is 25.3 Å². The lowest BCUT2D eigenvalue weighted by Gasteiger charge is -2.20. The van der Waals surface area contributed by atoms with E-state index in [0.717, 1.165) is 5.56 Å². The Balaban J connectivity index is 1.62. The third-order valence-electron chi connectivity index (χ3n) is 4.40. The highest BCUT2D eigenvalue weighted by molar-refractivity contribution is 5.91. The van der Waals surface area contributed by atoms with Crippen LogP contribution in [0.4, 0.5) is 10.5 Å². The lowest BCUT2D eigenvalue weighted by Crippen LogP contribution is -2.40. The van der Waals surface area contributed by atoms with Gasteiger partial charge in [-0.05, 0) is 57.2 Å². The minimum atomic E-state index is -0.440. The fraction of sp³-hybridized carbons (Fsp3) is 0.261. The van der Waals surface area contributed by atoms with Crippen LogP contribution >= 0.6 is 0 Å². The average molecular weight is 407 g/mol. The largest absolute Gasteiger partial charge is 0.441 e. The van der Waals surface area contributed by atoms with E-state index in [1.54, 1.807) is 38.2 Å². The highest BCUT2D eigenvalue weighted by Crippen LogP contribution is 2.23. The second-order valence-electron chi connectivity index (χ2n) is 7.20. The van der Waals surface area contributed by atoms with Crippen molar-refractivity contribution in [3.63, 3.8) is 0 Å². The van der Waals surface area contributed by atoms with Crippen molar-refractivity contribution in [3.8, 4) is 17.2 Å². The molecule has 3 rings (SSSR count). The van der Waals surface area contributed by atoms with E-state index in [1.165, 1.54) is 4.90 Å². The Bertz CT molecular complexity index is 1010. The molecule has 0 aliphatic carbocycles. The summed E-state index contributed by atoms with van der Waals surface area (Å²) in [5.74, 6) is 1.01. The number of nitrogens with one attached hydrogen (secondary N) is 1. The molecule has 0 atom stereocenters. The van der Waals surface area contributed by atoms with Gasteiger partial charge in [0.05, 0.1) is 12.1 Å². The summed E-state index contributed by atoms with van der Waals surface area (Å²) in [4.78, 5) is 30.3. The monoisotopic (exact) mass is 407 g/mol. The molecule has 1 aromatic heterocycles. The number of carbonyl (C=O) groups excluding carboxylic acids is 2. The maximum absolute atomic E-state index is 12.3. The predicted molar refractivity (Wildman–Crippen MR) is 115 cm³/mol. The molecule has 30 heavy (non-hydrogen) atoms. The lowest BCUT2D eigenvalue weighted by atomic mass is 10.2. The number of oxazole rings is 1. The molecular weight excluding hydrogens is 382 g/mol. The van der Waals surface area contributed by atoms with Crippen LogP contribution < -0.4 is 15.0 Å². The van der Waals surface area contributed by atoms with Crippen molar-refractivity contribution in [2.24, 2.45) is 0 Å². The van der Waals surface area contributed by atoms with Gasteiger partial charge in [0.2, 0.25) is 5.89 Å². The molecule has 0 unspecified atom stereocenters. The molecule has 0 radical (unpaired) electrons. The van der Waals surface area contributed by atoms with Gasteiger partial charge in [-0.2, -0.15) is 0 Å². The predicted octanol–water partition coefficient (Wildman–Crippen LogP) is 4.35. The lowest BCUT2D eigenvalue weighted by molar-refractivity contribution is -0.133. The Morgan fingerprint density at radius 3 is 2.40 bits per heavy atom. The molecule has 2 aromatic carbocycles. The van der Waals surface area contributed by atoms with Crippen LogP contribution in [0, 0.1) is 6.92 Å². The van der Waals surface area contributed by atoms with Crippen molar-refractivity contribution in [2.45, 2.75) is 33.2 Å². The summed E-state index contributed by atoms with van der Waals surface area (Å²) >= 11 is 0. The Kier molecular flexibility index (Phi) is 6.51. The fourth-order valence-corrected chi connectivity index (χ4v) is 2.80. The van der Waals surface area contributed by atoms with Gasteiger partial charge in [-0.3, -0.25) is 9.69 Å². The summed E-state index contributed by atoms with van der Waals surface area (Å²) in [7, 11) is 1.68. The first-order valence-electron chi connectivity index (χ1n) is 9.70. The number of nitrogens with zero attached hydrogens (tertiary/aromatic N) is 2. The van der Waals surface area contributed by atoms with Gasteiger partial charge in [-0.25, -0.2) is 9.78 Å². The number of hydrogen-bond acceptors (Lipinski definition) is 5. The molecule has 0 fully saturated rings. The number of amides is 2. The molecule has 3 aromatic rings. The molecule has 2 amide bonds. The topological polar surface area (TPSA) is 84.7 Å². The van der Waals surface area contributed by atoms with Crippen LogP contribution in [0.2, 0.25) is 0 Å². The second-order valence-corrected chi connectivity index (χ2v) is 7.20. The van der Waals surface area contributed by atoms with Gasteiger partial charge in [-0.15, -0.1) is 0 Å². The van der Waals surface area contributed by atoms with Gasteiger partial charge in [0.1, 0.15) is 11.5 Å². The first kappa shape index (κ1) is 21.1. The van der Waals surface area contributed by atoms with Crippen LogP contribution in [-0.4, -0.2) is 30.1 Å². The van der Waals surface area contributed by atoms with E-state index in [9.17, 15) is 9.59 Å². The number of esters is 1. The van der Waals surface area contributed by atoms with Gasteiger partial charge in [0, 0.05) is 24.3 Å². The summed E-state index contributed by atoms with van der Waals surface area (Å²) in [6.45, 7) is 5.57. The third kappa shape index (κ3) is 5.26. The molecule has 0 bridgehead atoms. The first-order chi connectivity index (χ1) is 14.3. The summed E-state index contributed by atoms with van der Waals surface area (Å²) in [6.07, 6.45) is 0.000611. The van der Waals surface area contributed by atoms with E-state index in [2.05, 4.69) is 10.3 Å². The first-order valence-corrected chi connectivity index (χ1v) is 9.70. The van der Waals surface area contributed by atoms with Gasteiger partial charge in [0.15, 0.2) is 0 Å². The van der Waals surface area contributed by atoms with Crippen molar-refractivity contribution < 1.29 is 18.7 Å². The highest BCUT2D eigenvalue weighted by Gasteiger charge is 2.17. The zero-order valence-electron chi connectivity index (χ0n) is 17.5. The van der Waals surface area contributed by atoms with E-state index in [0.29, 0.717) is 28.8 Å². The van der Waals surface area contributed by atoms with Crippen molar-refractivity contribution in [1.82, 2.24) is 10.3 Å². The van der Waals surface area contributed by atoms with Crippen LogP contribution in [0.25, 0.3) is 11.5 Å². The van der Waals surface area contributed by atoms with Crippen molar-refractivity contribution in [3.05, 3.63) is 66.1 Å². The van der Waals surface area contributed by atoms with Gasteiger partial charge >= 0.3 is 12.0 Å². The van der Waals surface area contributed by atoms with E-state index >= 15 is 0 Å². The maximum atomic E-state index is 12.3. The smallest absolute Gasteiger partial charge is 0.321 e. The van der Waals surface area contributed by atoms with E-state index < -0.39 is 5.97 Å². The molecule has 0 aliphatic heterocycles. The third-order valence-corrected chi connectivity index (χ3v) is 4.40. The Labute approximate surface area is 175 Å². The number of aryl methyl sites for hydroxylation is 1. The quantitative estimate of drug-likeness (QED) is 0.485. The standard InChI is InChI=1S/C23H25N3O4/c1-15(2)24-23(28)26(4)18-10-12-19(13-11-18)30-21(27)14-20-16(3)29-22(25-20)17-8-6-5-7-9-17/h5-13,15H,14H2,1-4H3,(H,24,28). The van der Waals surface area contributed by atoms with Crippen molar-refractivity contribution in [2.75, 3.05) is 11.9 Å². The molecule has 156 valence electrons. The summed E-state index contributed by atoms with van der Waals surface area (Å²) in [6, 6.07) is 16.1. The normalized spacial score (nSPS) is 10.7. The molecule has 0 spiro atoms. The number of anilines is 1. The molecular formula is C23H25N3O4. The van der Waals surface area contributed by atoms with Gasteiger partial charge < -0.3 is 14.5 Å². The number of hydrogen-bond donors (Lipinski definition) is 1. The number of rotatable bonds is 6. The van der Waals surface area contributed by atoms with Gasteiger partial charge in [-0.1, -0.05) is 18.2 Å². The summed E-state index contributed by atoms with van der Waals surface area (Å²) in [5.41, 5.74) is 2.08.